The highest BCUT2D eigenvalue weighted by molar-refractivity contribution is 14.0. The number of piperidine rings is 2. The molecule has 0 spiro atoms. The van der Waals surface area contributed by atoms with Crippen LogP contribution in [0.15, 0.2) is 29.3 Å². The monoisotopic (exact) mass is 568 g/mol. The minimum Gasteiger partial charge on any atom is -0.355 e. The van der Waals surface area contributed by atoms with Crippen molar-refractivity contribution in [1.82, 2.24) is 20.4 Å². The third-order valence-electron chi connectivity index (χ3n) is 7.53. The lowest BCUT2D eigenvalue weighted by Crippen LogP contribution is -2.62. The first kappa shape index (κ1) is 26.2. The van der Waals surface area contributed by atoms with Crippen LogP contribution in [0.25, 0.3) is 0 Å². The van der Waals surface area contributed by atoms with E-state index in [1.807, 2.05) is 11.9 Å². The quantitative estimate of drug-likeness (QED) is 0.314. The summed E-state index contributed by atoms with van der Waals surface area (Å²) in [6.07, 6.45) is 8.06. The maximum atomic E-state index is 12.0. The van der Waals surface area contributed by atoms with E-state index in [1.54, 1.807) is 0 Å². The predicted molar refractivity (Wildman–Crippen MR) is 147 cm³/mol. The van der Waals surface area contributed by atoms with Gasteiger partial charge in [-0.2, -0.15) is 0 Å². The number of aliphatic imine (C=N–C) groups is 1. The van der Waals surface area contributed by atoms with Crippen LogP contribution in [0.5, 0.6) is 0 Å². The lowest BCUT2D eigenvalue weighted by molar-refractivity contribution is -0.117. The topological polar surface area (TPSA) is 63.2 Å². The van der Waals surface area contributed by atoms with E-state index in [4.69, 9.17) is 0 Å². The molecule has 3 saturated heterocycles. The zero-order chi connectivity index (χ0) is 22.4. The molecule has 4 rings (SSSR count). The smallest absolute Gasteiger partial charge is 0.227 e. The summed E-state index contributed by atoms with van der Waals surface area (Å²) in [5.74, 6) is 1.09. The van der Waals surface area contributed by atoms with Gasteiger partial charge in [-0.15, -0.1) is 24.0 Å². The summed E-state index contributed by atoms with van der Waals surface area (Å²) in [5.41, 5.74) is 2.42. The lowest BCUT2D eigenvalue weighted by Gasteiger charge is -2.50. The molecule has 0 radical (unpaired) electrons. The van der Waals surface area contributed by atoms with Gasteiger partial charge in [0, 0.05) is 44.3 Å². The molecule has 0 bridgehead atoms. The van der Waals surface area contributed by atoms with Gasteiger partial charge < -0.3 is 20.4 Å². The van der Waals surface area contributed by atoms with Crippen LogP contribution in [-0.4, -0.2) is 80.6 Å². The molecule has 0 aromatic heterocycles. The highest BCUT2D eigenvalue weighted by Gasteiger charge is 2.39. The molecule has 0 aliphatic carbocycles. The van der Waals surface area contributed by atoms with E-state index in [2.05, 4.69) is 56.7 Å². The molecule has 184 valence electrons. The number of benzene rings is 1. The van der Waals surface area contributed by atoms with E-state index in [0.717, 1.165) is 44.2 Å². The summed E-state index contributed by atoms with van der Waals surface area (Å²) < 4.78 is 0. The molecule has 3 aliphatic rings. The van der Waals surface area contributed by atoms with Crippen LogP contribution in [-0.2, 0) is 11.3 Å². The van der Waals surface area contributed by atoms with E-state index >= 15 is 0 Å². The highest BCUT2D eigenvalue weighted by Crippen LogP contribution is 2.31. The third-order valence-corrected chi connectivity index (χ3v) is 7.53. The van der Waals surface area contributed by atoms with E-state index in [1.165, 1.54) is 50.8 Å². The number of rotatable bonds is 6. The van der Waals surface area contributed by atoms with Crippen molar-refractivity contribution in [2.75, 3.05) is 58.3 Å². The van der Waals surface area contributed by atoms with Crippen molar-refractivity contribution in [3.63, 3.8) is 0 Å². The van der Waals surface area contributed by atoms with E-state index in [9.17, 15) is 4.79 Å². The van der Waals surface area contributed by atoms with Crippen molar-refractivity contribution in [3.05, 3.63) is 29.8 Å². The summed E-state index contributed by atoms with van der Waals surface area (Å²) in [7, 11) is 4.08. The summed E-state index contributed by atoms with van der Waals surface area (Å²) in [4.78, 5) is 23.5. The van der Waals surface area contributed by atoms with Crippen LogP contribution in [0, 0.1) is 0 Å². The van der Waals surface area contributed by atoms with Gasteiger partial charge in [0.15, 0.2) is 5.96 Å². The summed E-state index contributed by atoms with van der Waals surface area (Å²) in [6.45, 7) is 7.27. The van der Waals surface area contributed by atoms with Crippen LogP contribution in [0.3, 0.4) is 0 Å². The van der Waals surface area contributed by atoms with Crippen LogP contribution in [0.2, 0.25) is 0 Å². The Labute approximate surface area is 216 Å². The fourth-order valence-electron chi connectivity index (χ4n) is 5.38. The number of nitrogens with one attached hydrogen (secondary N) is 2. The van der Waals surface area contributed by atoms with Gasteiger partial charge in [-0.3, -0.25) is 14.7 Å². The second-order valence-corrected chi connectivity index (χ2v) is 9.67. The van der Waals surface area contributed by atoms with Gasteiger partial charge >= 0.3 is 0 Å². The van der Waals surface area contributed by atoms with Crippen LogP contribution < -0.4 is 15.5 Å². The molecule has 2 N–H and O–H groups in total. The maximum Gasteiger partial charge on any atom is 0.227 e. The lowest BCUT2D eigenvalue weighted by atomic mass is 9.84. The average Bonchev–Trinajstić information content (AvgIpc) is 3.27. The van der Waals surface area contributed by atoms with Crippen molar-refractivity contribution in [1.29, 1.82) is 0 Å². The van der Waals surface area contributed by atoms with Gasteiger partial charge in [0.05, 0.1) is 0 Å². The van der Waals surface area contributed by atoms with Gasteiger partial charge in [0.2, 0.25) is 5.91 Å². The minimum atomic E-state index is 0. The van der Waals surface area contributed by atoms with E-state index in [0.29, 0.717) is 13.0 Å². The summed E-state index contributed by atoms with van der Waals surface area (Å²) >= 11 is 0. The molecule has 1 amide bonds. The third kappa shape index (κ3) is 6.60. The first-order valence-corrected chi connectivity index (χ1v) is 12.4. The average molecular weight is 569 g/mol. The van der Waals surface area contributed by atoms with Crippen LogP contribution in [0.1, 0.15) is 50.5 Å². The Morgan fingerprint density at radius 2 is 1.67 bits per heavy atom. The van der Waals surface area contributed by atoms with Crippen LogP contribution >= 0.6 is 24.0 Å². The number of halogens is 1. The Hall–Kier alpha value is -1.39. The fraction of sp³-hybridized carbons (Fsp3) is 0.680. The molecular formula is C25H41IN6O. The van der Waals surface area contributed by atoms with Crippen LogP contribution in [0.4, 0.5) is 5.69 Å². The molecule has 0 unspecified atom stereocenters. The van der Waals surface area contributed by atoms with Gasteiger partial charge in [0.1, 0.15) is 0 Å². The zero-order valence-corrected chi connectivity index (χ0v) is 22.6. The molecular weight excluding hydrogens is 527 g/mol. The maximum absolute atomic E-state index is 12.0. The number of amides is 1. The van der Waals surface area contributed by atoms with Gasteiger partial charge in [0.25, 0.3) is 0 Å². The Morgan fingerprint density at radius 3 is 2.27 bits per heavy atom. The number of carbonyl (C=O) groups excluding carboxylic acids is 1. The molecule has 33 heavy (non-hydrogen) atoms. The molecule has 3 aliphatic heterocycles. The molecule has 0 atom stereocenters. The van der Waals surface area contributed by atoms with Crippen molar-refractivity contribution >= 4 is 41.5 Å². The van der Waals surface area contributed by atoms with Gasteiger partial charge in [-0.05, 0) is 83.0 Å². The Kier molecular flexibility index (Phi) is 9.81. The predicted octanol–water partition coefficient (Wildman–Crippen LogP) is 3.05. The Balaban J connectivity index is 0.00000306. The van der Waals surface area contributed by atoms with Crippen molar-refractivity contribution in [2.45, 2.75) is 57.0 Å². The molecule has 3 fully saturated rings. The second kappa shape index (κ2) is 12.4. The van der Waals surface area contributed by atoms with E-state index in [-0.39, 0.29) is 35.4 Å². The molecule has 8 heteroatoms. The Bertz CT molecular complexity index is 785. The van der Waals surface area contributed by atoms with Crippen molar-refractivity contribution in [2.24, 2.45) is 4.99 Å². The van der Waals surface area contributed by atoms with Crippen molar-refractivity contribution < 1.29 is 4.79 Å². The number of anilines is 1. The number of hydrogen-bond acceptors (Lipinski definition) is 4. The number of guanidine groups is 1. The molecule has 7 nitrogen and oxygen atoms in total. The SMILES string of the molecule is CN=C(NCc1ccc(N2CCCC2=O)cc1)NCC1(N2CCCCC2)CCN(C)CC1.I. The largest absolute Gasteiger partial charge is 0.355 e. The zero-order valence-electron chi connectivity index (χ0n) is 20.3. The van der Waals surface area contributed by atoms with Gasteiger partial charge in [-0.1, -0.05) is 18.6 Å². The number of likely N-dealkylation sites (tertiary alicyclic amines) is 2. The molecule has 3 heterocycles. The molecule has 1 aromatic rings. The Morgan fingerprint density at radius 1 is 0.970 bits per heavy atom. The molecule has 0 saturated carbocycles. The standard InChI is InChI=1S/C25H40N6O.HI/c1-26-24(27-19-21-8-10-22(11-9-21)31-16-6-7-23(31)32)28-20-25(12-17-29(2)18-13-25)30-14-4-3-5-15-30;/h8-11H,3-7,12-20H2,1-2H3,(H2,26,27,28);1H. The highest BCUT2D eigenvalue weighted by atomic mass is 127. The number of hydrogen-bond donors (Lipinski definition) is 2. The van der Waals surface area contributed by atoms with Gasteiger partial charge in [-0.25, -0.2) is 0 Å². The van der Waals surface area contributed by atoms with E-state index < -0.39 is 0 Å². The summed E-state index contributed by atoms with van der Waals surface area (Å²) in [6, 6.07) is 8.32. The number of carbonyl (C=O) groups is 1. The normalized spacial score (nSPS) is 22.2. The number of nitrogens with zero attached hydrogens (tertiary/aromatic N) is 4. The first-order chi connectivity index (χ1) is 15.6. The first-order valence-electron chi connectivity index (χ1n) is 12.4. The molecule has 1 aromatic carbocycles. The van der Waals surface area contributed by atoms with Crippen molar-refractivity contribution in [3.8, 4) is 0 Å². The fourth-order valence-corrected chi connectivity index (χ4v) is 5.38. The second-order valence-electron chi connectivity index (χ2n) is 9.67. The minimum absolute atomic E-state index is 0. The summed E-state index contributed by atoms with van der Waals surface area (Å²) in [5, 5.41) is 7.13.